The molecule has 0 unspecified atom stereocenters. The van der Waals surface area contributed by atoms with Crippen LogP contribution in [0.4, 0.5) is 0 Å². The third kappa shape index (κ3) is 2.63. The second kappa shape index (κ2) is 6.41. The van der Waals surface area contributed by atoms with Crippen LogP contribution in [-0.2, 0) is 0 Å². The largest absolute Gasteiger partial charge is 0.279 e. The number of benzene rings is 2. The first-order valence-corrected chi connectivity index (χ1v) is 10.2. The molecule has 0 aliphatic heterocycles. The van der Waals surface area contributed by atoms with Crippen LogP contribution in [0.2, 0.25) is 0 Å². The molecule has 1 heterocycles. The van der Waals surface area contributed by atoms with Crippen LogP contribution in [0, 0.1) is 11.3 Å². The van der Waals surface area contributed by atoms with Gasteiger partial charge in [-0.05, 0) is 41.9 Å². The van der Waals surface area contributed by atoms with E-state index in [1.54, 1.807) is 0 Å². The summed E-state index contributed by atoms with van der Waals surface area (Å²) in [7, 11) is 0. The SMILES string of the molecule is C[C@H](N=C1c2nc(-c3ccccc3)ccc2[C@H]2C[C@@H]1C2(C)C)c1ccccc1. The quantitative estimate of drug-likeness (QED) is 0.523. The molecular weight excluding hydrogens is 340 g/mol. The normalized spacial score (nSPS) is 24.3. The van der Waals surface area contributed by atoms with E-state index < -0.39 is 0 Å². The van der Waals surface area contributed by atoms with Crippen molar-refractivity contribution in [2.75, 3.05) is 0 Å². The maximum atomic E-state index is 5.25. The highest BCUT2D eigenvalue weighted by atomic mass is 14.9. The van der Waals surface area contributed by atoms with Crippen molar-refractivity contribution in [2.24, 2.45) is 16.3 Å². The van der Waals surface area contributed by atoms with Crippen LogP contribution in [0.3, 0.4) is 0 Å². The van der Waals surface area contributed by atoms with E-state index in [1.165, 1.54) is 28.8 Å². The summed E-state index contributed by atoms with van der Waals surface area (Å²) in [6, 6.07) is 25.7. The van der Waals surface area contributed by atoms with Gasteiger partial charge in [0, 0.05) is 11.5 Å². The Morgan fingerprint density at radius 2 is 1.57 bits per heavy atom. The van der Waals surface area contributed by atoms with E-state index in [1.807, 2.05) is 6.07 Å². The summed E-state index contributed by atoms with van der Waals surface area (Å²) in [4.78, 5) is 10.4. The van der Waals surface area contributed by atoms with Crippen LogP contribution in [0.5, 0.6) is 0 Å². The fraction of sp³-hybridized carbons (Fsp3) is 0.308. The molecule has 140 valence electrons. The Morgan fingerprint density at radius 3 is 2.25 bits per heavy atom. The molecule has 28 heavy (non-hydrogen) atoms. The number of pyridine rings is 1. The molecular formula is C26H26N2. The zero-order valence-electron chi connectivity index (χ0n) is 16.8. The first-order chi connectivity index (χ1) is 13.6. The Hall–Kier alpha value is -2.74. The van der Waals surface area contributed by atoms with Gasteiger partial charge in [0.2, 0.25) is 0 Å². The Bertz CT molecular complexity index is 1030. The maximum absolute atomic E-state index is 5.25. The lowest BCUT2D eigenvalue weighted by atomic mass is 9.47. The third-order valence-corrected chi connectivity index (χ3v) is 6.83. The summed E-state index contributed by atoms with van der Waals surface area (Å²) >= 11 is 0. The summed E-state index contributed by atoms with van der Waals surface area (Å²) in [5, 5.41) is 0. The second-order valence-corrected chi connectivity index (χ2v) is 8.76. The first kappa shape index (κ1) is 17.4. The topological polar surface area (TPSA) is 25.2 Å². The molecule has 3 atom stereocenters. The molecule has 2 bridgehead atoms. The highest BCUT2D eigenvalue weighted by molar-refractivity contribution is 6.06. The van der Waals surface area contributed by atoms with E-state index in [0.29, 0.717) is 11.8 Å². The first-order valence-electron chi connectivity index (χ1n) is 10.2. The maximum Gasteiger partial charge on any atom is 0.0885 e. The minimum atomic E-state index is 0.138. The van der Waals surface area contributed by atoms with Gasteiger partial charge in [-0.15, -0.1) is 0 Å². The smallest absolute Gasteiger partial charge is 0.0885 e. The Balaban J connectivity index is 1.63. The van der Waals surface area contributed by atoms with Crippen LogP contribution < -0.4 is 0 Å². The molecule has 1 aromatic heterocycles. The van der Waals surface area contributed by atoms with Gasteiger partial charge in [-0.1, -0.05) is 80.6 Å². The van der Waals surface area contributed by atoms with Crippen molar-refractivity contribution in [3.05, 3.63) is 89.6 Å². The monoisotopic (exact) mass is 366 g/mol. The third-order valence-electron chi connectivity index (χ3n) is 6.83. The number of rotatable bonds is 3. The Labute approximate surface area is 167 Å². The number of hydrogen-bond donors (Lipinski definition) is 0. The summed E-state index contributed by atoms with van der Waals surface area (Å²) in [6.45, 7) is 6.98. The van der Waals surface area contributed by atoms with E-state index in [2.05, 4.69) is 87.5 Å². The summed E-state index contributed by atoms with van der Waals surface area (Å²) in [6.07, 6.45) is 1.20. The lowest BCUT2D eigenvalue weighted by Crippen LogP contribution is -2.52. The van der Waals surface area contributed by atoms with Crippen molar-refractivity contribution in [3.8, 4) is 11.3 Å². The van der Waals surface area contributed by atoms with Crippen molar-refractivity contribution in [1.29, 1.82) is 0 Å². The Kier molecular flexibility index (Phi) is 3.97. The van der Waals surface area contributed by atoms with Crippen LogP contribution >= 0.6 is 0 Å². The molecule has 2 heteroatoms. The van der Waals surface area contributed by atoms with Gasteiger partial charge >= 0.3 is 0 Å². The molecule has 0 spiro atoms. The molecule has 3 aliphatic carbocycles. The van der Waals surface area contributed by atoms with Crippen LogP contribution in [0.15, 0.2) is 77.8 Å². The molecule has 6 rings (SSSR count). The highest BCUT2D eigenvalue weighted by Crippen LogP contribution is 2.62. The zero-order valence-corrected chi connectivity index (χ0v) is 16.8. The van der Waals surface area contributed by atoms with E-state index in [9.17, 15) is 0 Å². The fourth-order valence-corrected chi connectivity index (χ4v) is 4.97. The van der Waals surface area contributed by atoms with E-state index in [0.717, 1.165) is 11.4 Å². The van der Waals surface area contributed by atoms with E-state index >= 15 is 0 Å². The summed E-state index contributed by atoms with van der Waals surface area (Å²) in [5.74, 6) is 1.09. The minimum Gasteiger partial charge on any atom is -0.279 e. The lowest BCUT2D eigenvalue weighted by Gasteiger charge is -2.57. The summed E-state index contributed by atoms with van der Waals surface area (Å²) in [5.41, 5.74) is 7.44. The van der Waals surface area contributed by atoms with Crippen molar-refractivity contribution >= 4 is 5.71 Å². The van der Waals surface area contributed by atoms with Crippen molar-refractivity contribution in [2.45, 2.75) is 39.2 Å². The molecule has 2 aromatic carbocycles. The van der Waals surface area contributed by atoms with Crippen LogP contribution in [0.1, 0.15) is 56.0 Å². The molecule has 0 amide bonds. The molecule has 3 aliphatic rings. The molecule has 3 aromatic rings. The summed E-state index contributed by atoms with van der Waals surface area (Å²) < 4.78 is 0. The van der Waals surface area contributed by atoms with Crippen molar-refractivity contribution in [3.63, 3.8) is 0 Å². The molecule has 0 saturated heterocycles. The predicted octanol–water partition coefficient (Wildman–Crippen LogP) is 6.44. The van der Waals surface area contributed by atoms with Gasteiger partial charge in [-0.3, -0.25) is 4.99 Å². The lowest BCUT2D eigenvalue weighted by molar-refractivity contribution is 0.0767. The second-order valence-electron chi connectivity index (χ2n) is 8.76. The highest BCUT2D eigenvalue weighted by Gasteiger charge is 2.56. The standard InChI is InChI=1S/C26H26N2/c1-17(18-10-6-4-7-11-18)27-25-22-16-21(26(22,2)3)20-14-15-23(28-24(20)25)19-12-8-5-9-13-19/h4-15,17,21-22H,16H2,1-3H3/t17-,21+,22-/m0/s1. The van der Waals surface area contributed by atoms with Gasteiger partial charge in [0.15, 0.2) is 0 Å². The molecule has 1 fully saturated rings. The molecule has 2 nitrogen and oxygen atoms in total. The number of nitrogens with zero attached hydrogens (tertiary/aromatic N) is 2. The van der Waals surface area contributed by atoms with Gasteiger partial charge in [-0.2, -0.15) is 0 Å². The van der Waals surface area contributed by atoms with E-state index in [4.69, 9.17) is 9.98 Å². The number of aromatic nitrogens is 1. The fourth-order valence-electron chi connectivity index (χ4n) is 4.97. The van der Waals surface area contributed by atoms with Gasteiger partial charge < -0.3 is 0 Å². The average Bonchev–Trinajstić information content (AvgIpc) is 2.74. The van der Waals surface area contributed by atoms with Crippen LogP contribution in [0.25, 0.3) is 11.3 Å². The molecule has 0 N–H and O–H groups in total. The van der Waals surface area contributed by atoms with Crippen molar-refractivity contribution in [1.82, 2.24) is 4.98 Å². The zero-order chi connectivity index (χ0) is 19.3. The minimum absolute atomic E-state index is 0.138. The van der Waals surface area contributed by atoms with Gasteiger partial charge in [-0.25, -0.2) is 4.98 Å². The predicted molar refractivity (Wildman–Crippen MR) is 116 cm³/mol. The average molecular weight is 367 g/mol. The Morgan fingerprint density at radius 1 is 0.893 bits per heavy atom. The molecule has 0 radical (unpaired) electrons. The van der Waals surface area contributed by atoms with E-state index in [-0.39, 0.29) is 11.5 Å². The van der Waals surface area contributed by atoms with Gasteiger partial charge in [0.1, 0.15) is 0 Å². The number of hydrogen-bond acceptors (Lipinski definition) is 2. The van der Waals surface area contributed by atoms with Crippen LogP contribution in [-0.4, -0.2) is 10.7 Å². The van der Waals surface area contributed by atoms with Crippen molar-refractivity contribution < 1.29 is 0 Å². The molecule has 1 saturated carbocycles. The van der Waals surface area contributed by atoms with Gasteiger partial charge in [0.05, 0.1) is 23.1 Å². The number of aliphatic imine (C=N–C) groups is 1. The van der Waals surface area contributed by atoms with Gasteiger partial charge in [0.25, 0.3) is 0 Å².